The number of sulfonamides is 1. The molecule has 3 aromatic carbocycles. The maximum Gasteiger partial charge on any atom is 0.264 e. The van der Waals surface area contributed by atoms with E-state index in [-0.39, 0.29) is 23.5 Å². The zero-order valence-corrected chi connectivity index (χ0v) is 21.7. The zero-order chi connectivity index (χ0) is 27.0. The molecule has 3 aromatic rings. The predicted octanol–water partition coefficient (Wildman–Crippen LogP) is 3.58. The summed E-state index contributed by atoms with van der Waals surface area (Å²) in [6.45, 7) is 1.05. The minimum atomic E-state index is -4.32. The molecule has 0 aliphatic rings. The number of para-hydroxylation sites is 1. The number of likely N-dealkylation sites (N-methyl/N-ethyl adjacent to an activating group) is 1. The molecule has 196 valence electrons. The molecular formula is C27H30FN3O5S. The molecule has 0 aromatic heterocycles. The number of nitrogens with zero attached hydrogens (tertiary/aromatic N) is 2. The summed E-state index contributed by atoms with van der Waals surface area (Å²) in [4.78, 5) is 27.7. The summed E-state index contributed by atoms with van der Waals surface area (Å²) in [5.41, 5.74) is 0.410. The van der Waals surface area contributed by atoms with Crippen molar-refractivity contribution in [2.24, 2.45) is 0 Å². The van der Waals surface area contributed by atoms with E-state index >= 15 is 0 Å². The molecule has 37 heavy (non-hydrogen) atoms. The molecule has 0 aliphatic heterocycles. The number of anilines is 1. The molecule has 3 rings (SSSR count). The van der Waals surface area contributed by atoms with Gasteiger partial charge < -0.3 is 15.0 Å². The number of carbonyl (C=O) groups excluding carboxylic acids is 2. The second-order valence-corrected chi connectivity index (χ2v) is 10.0. The van der Waals surface area contributed by atoms with Crippen molar-refractivity contribution in [3.8, 4) is 5.75 Å². The topological polar surface area (TPSA) is 96.0 Å². The molecular weight excluding hydrogens is 497 g/mol. The Hall–Kier alpha value is -3.92. The van der Waals surface area contributed by atoms with E-state index in [1.165, 1.54) is 49.4 Å². The fraction of sp³-hybridized carbons (Fsp3) is 0.259. The van der Waals surface area contributed by atoms with Gasteiger partial charge in [-0.1, -0.05) is 49.4 Å². The van der Waals surface area contributed by atoms with Crippen LogP contribution in [0, 0.1) is 5.82 Å². The molecule has 10 heteroatoms. The normalized spacial score (nSPS) is 11.9. The van der Waals surface area contributed by atoms with E-state index in [1.807, 2.05) is 0 Å². The van der Waals surface area contributed by atoms with Crippen molar-refractivity contribution < 1.29 is 27.1 Å². The second-order valence-electron chi connectivity index (χ2n) is 8.19. The Bertz CT molecular complexity index is 1330. The molecule has 0 saturated carbocycles. The standard InChI is InChI=1S/C27H30FN3O5S/c1-4-24(27(33)29-2)30(18-20-11-10-12-21(17-20)36-3)26(32)19-31(25-16-9-8-15-23(25)28)37(34,35)22-13-6-5-7-14-22/h5-17,24H,4,18-19H2,1-3H3,(H,29,33)/t24-/m0/s1. The average molecular weight is 528 g/mol. The SMILES string of the molecule is CC[C@@H](C(=O)NC)N(Cc1cccc(OC)c1)C(=O)CN(c1ccccc1F)S(=O)(=O)c1ccccc1. The number of ether oxygens (including phenoxy) is 1. The van der Waals surface area contributed by atoms with Crippen LogP contribution in [0.5, 0.6) is 5.75 Å². The average Bonchev–Trinajstić information content (AvgIpc) is 2.92. The van der Waals surface area contributed by atoms with Crippen molar-refractivity contribution >= 4 is 27.5 Å². The number of benzene rings is 3. The number of rotatable bonds is 11. The summed E-state index contributed by atoms with van der Waals surface area (Å²) in [6.07, 6.45) is 0.278. The maximum absolute atomic E-state index is 14.9. The van der Waals surface area contributed by atoms with E-state index in [1.54, 1.807) is 49.4 Å². The molecule has 0 spiro atoms. The van der Waals surface area contributed by atoms with Crippen LogP contribution in [0.1, 0.15) is 18.9 Å². The van der Waals surface area contributed by atoms with E-state index in [2.05, 4.69) is 5.32 Å². The minimum absolute atomic E-state index is 0.0124. The first kappa shape index (κ1) is 27.7. The van der Waals surface area contributed by atoms with Gasteiger partial charge in [0.15, 0.2) is 0 Å². The fourth-order valence-corrected chi connectivity index (χ4v) is 5.38. The highest BCUT2D eigenvalue weighted by Crippen LogP contribution is 2.27. The van der Waals surface area contributed by atoms with Crippen LogP contribution in [0.2, 0.25) is 0 Å². The van der Waals surface area contributed by atoms with Gasteiger partial charge in [-0.05, 0) is 48.4 Å². The van der Waals surface area contributed by atoms with Crippen LogP contribution in [0.4, 0.5) is 10.1 Å². The van der Waals surface area contributed by atoms with Gasteiger partial charge in [0.05, 0.1) is 17.7 Å². The first-order valence-corrected chi connectivity index (χ1v) is 13.1. The van der Waals surface area contributed by atoms with Crippen molar-refractivity contribution in [1.82, 2.24) is 10.2 Å². The van der Waals surface area contributed by atoms with Gasteiger partial charge in [-0.3, -0.25) is 13.9 Å². The highest BCUT2D eigenvalue weighted by molar-refractivity contribution is 7.92. The summed E-state index contributed by atoms with van der Waals surface area (Å²) < 4.78 is 48.1. The quantitative estimate of drug-likeness (QED) is 0.411. The molecule has 0 bridgehead atoms. The number of hydrogen-bond donors (Lipinski definition) is 1. The Morgan fingerprint density at radius 2 is 1.68 bits per heavy atom. The molecule has 0 radical (unpaired) electrons. The Morgan fingerprint density at radius 3 is 2.30 bits per heavy atom. The smallest absolute Gasteiger partial charge is 0.264 e. The van der Waals surface area contributed by atoms with Crippen molar-refractivity contribution in [3.63, 3.8) is 0 Å². The molecule has 8 nitrogen and oxygen atoms in total. The van der Waals surface area contributed by atoms with Gasteiger partial charge in [-0.25, -0.2) is 12.8 Å². The first-order chi connectivity index (χ1) is 17.7. The predicted molar refractivity (Wildman–Crippen MR) is 139 cm³/mol. The van der Waals surface area contributed by atoms with E-state index in [0.29, 0.717) is 11.3 Å². The number of hydrogen-bond acceptors (Lipinski definition) is 5. The zero-order valence-electron chi connectivity index (χ0n) is 20.9. The monoisotopic (exact) mass is 527 g/mol. The molecule has 1 atom stereocenters. The number of methoxy groups -OCH3 is 1. The molecule has 0 unspecified atom stereocenters. The van der Waals surface area contributed by atoms with Gasteiger partial charge in [-0.15, -0.1) is 0 Å². The van der Waals surface area contributed by atoms with Gasteiger partial charge in [0.2, 0.25) is 11.8 Å². The van der Waals surface area contributed by atoms with E-state index in [9.17, 15) is 22.4 Å². The summed E-state index contributed by atoms with van der Waals surface area (Å²) >= 11 is 0. The summed E-state index contributed by atoms with van der Waals surface area (Å²) in [6, 6.07) is 19.0. The van der Waals surface area contributed by atoms with Gasteiger partial charge in [0, 0.05) is 13.6 Å². The van der Waals surface area contributed by atoms with E-state index in [4.69, 9.17) is 4.74 Å². The fourth-order valence-electron chi connectivity index (χ4n) is 3.94. The van der Waals surface area contributed by atoms with Crippen LogP contribution in [0.3, 0.4) is 0 Å². The van der Waals surface area contributed by atoms with Crippen molar-refractivity contribution in [1.29, 1.82) is 0 Å². The highest BCUT2D eigenvalue weighted by atomic mass is 32.2. The van der Waals surface area contributed by atoms with Crippen molar-refractivity contribution in [2.75, 3.05) is 25.0 Å². The van der Waals surface area contributed by atoms with Crippen LogP contribution >= 0.6 is 0 Å². The highest BCUT2D eigenvalue weighted by Gasteiger charge is 2.34. The molecule has 0 heterocycles. The summed E-state index contributed by atoms with van der Waals surface area (Å²) in [5.74, 6) is -1.30. The van der Waals surface area contributed by atoms with Crippen LogP contribution in [0.25, 0.3) is 0 Å². The van der Waals surface area contributed by atoms with Gasteiger partial charge in [0.25, 0.3) is 10.0 Å². The number of nitrogens with one attached hydrogen (secondary N) is 1. The Labute approximate surface area is 216 Å². The maximum atomic E-state index is 14.9. The lowest BCUT2D eigenvalue weighted by atomic mass is 10.1. The van der Waals surface area contributed by atoms with Crippen LogP contribution in [0.15, 0.2) is 83.8 Å². The Balaban J connectivity index is 2.06. The molecule has 0 aliphatic carbocycles. The lowest BCUT2D eigenvalue weighted by Crippen LogP contribution is -2.51. The minimum Gasteiger partial charge on any atom is -0.497 e. The largest absolute Gasteiger partial charge is 0.497 e. The molecule has 1 N–H and O–H groups in total. The Morgan fingerprint density at radius 1 is 1.00 bits per heavy atom. The van der Waals surface area contributed by atoms with Gasteiger partial charge in [-0.2, -0.15) is 0 Å². The van der Waals surface area contributed by atoms with Gasteiger partial charge >= 0.3 is 0 Å². The number of halogens is 1. The third-order valence-corrected chi connectivity index (χ3v) is 7.62. The van der Waals surface area contributed by atoms with Crippen LogP contribution in [-0.4, -0.2) is 51.9 Å². The van der Waals surface area contributed by atoms with E-state index < -0.39 is 40.2 Å². The molecule has 0 saturated heterocycles. The lowest BCUT2D eigenvalue weighted by molar-refractivity contribution is -0.140. The first-order valence-electron chi connectivity index (χ1n) is 11.7. The summed E-state index contributed by atoms with van der Waals surface area (Å²) in [7, 11) is -1.34. The van der Waals surface area contributed by atoms with Crippen molar-refractivity contribution in [2.45, 2.75) is 30.8 Å². The molecule has 0 fully saturated rings. The molecule has 2 amide bonds. The van der Waals surface area contributed by atoms with Crippen LogP contribution < -0.4 is 14.4 Å². The van der Waals surface area contributed by atoms with Crippen LogP contribution in [-0.2, 0) is 26.2 Å². The lowest BCUT2D eigenvalue weighted by Gasteiger charge is -2.33. The van der Waals surface area contributed by atoms with E-state index in [0.717, 1.165) is 10.4 Å². The summed E-state index contributed by atoms with van der Waals surface area (Å²) in [5, 5.41) is 2.56. The van der Waals surface area contributed by atoms with Crippen molar-refractivity contribution in [3.05, 3.63) is 90.2 Å². The second kappa shape index (κ2) is 12.4. The third kappa shape index (κ3) is 6.45. The third-order valence-electron chi connectivity index (χ3n) is 5.85. The number of carbonyl (C=O) groups is 2. The number of amides is 2. The Kier molecular flexibility index (Phi) is 9.24. The van der Waals surface area contributed by atoms with Gasteiger partial charge in [0.1, 0.15) is 24.2 Å².